The van der Waals surface area contributed by atoms with E-state index >= 15 is 0 Å². The lowest BCUT2D eigenvalue weighted by Gasteiger charge is -2.01. The molecule has 0 fully saturated rings. The lowest BCUT2D eigenvalue weighted by atomic mass is 10.2. The summed E-state index contributed by atoms with van der Waals surface area (Å²) in [7, 11) is 0. The summed E-state index contributed by atoms with van der Waals surface area (Å²) in [5.74, 6) is 0. The van der Waals surface area contributed by atoms with E-state index in [1.807, 2.05) is 12.1 Å². The molecule has 0 saturated heterocycles. The number of nitrogens with one attached hydrogen (secondary N) is 1. The van der Waals surface area contributed by atoms with Gasteiger partial charge in [0.1, 0.15) is 0 Å². The van der Waals surface area contributed by atoms with Crippen molar-refractivity contribution in [2.24, 2.45) is 0 Å². The fourth-order valence-corrected chi connectivity index (χ4v) is 3.74. The first-order valence-corrected chi connectivity index (χ1v) is 10.5. The van der Waals surface area contributed by atoms with Gasteiger partial charge in [-0.1, -0.05) is 34.8 Å². The lowest BCUT2D eigenvalue weighted by molar-refractivity contribution is 1.39. The minimum absolute atomic E-state index is 0.0170. The Kier molecular flexibility index (Phi) is 6.66. The third kappa shape index (κ3) is 4.44. The van der Waals surface area contributed by atoms with Crippen LogP contribution in [0, 0.1) is 7.14 Å². The molecule has 1 N–H and O–H groups in total. The molecule has 0 unspecified atom stereocenters. The van der Waals surface area contributed by atoms with Crippen LogP contribution in [0.2, 0.25) is 15.1 Å². The van der Waals surface area contributed by atoms with Crippen molar-refractivity contribution in [2.75, 3.05) is 0 Å². The minimum atomic E-state index is 0.0170. The molecule has 2 heterocycles. The highest BCUT2D eigenvalue weighted by Gasteiger charge is 2.04. The van der Waals surface area contributed by atoms with E-state index in [4.69, 9.17) is 34.8 Å². The SMILES string of the molecule is Clc1cc2nccc(Cl)c2cc1I.O=c1cc[nH]c2cc(Cl)c(I)cc12. The monoisotopic (exact) mass is 628 g/mol. The molecule has 0 saturated carbocycles. The second-order valence-corrected chi connectivity index (χ2v) is 8.78. The van der Waals surface area contributed by atoms with Crippen LogP contribution in [-0.2, 0) is 0 Å². The van der Waals surface area contributed by atoms with Crippen LogP contribution in [0.5, 0.6) is 0 Å². The number of H-pyrrole nitrogens is 1. The van der Waals surface area contributed by atoms with Gasteiger partial charge in [-0.25, -0.2) is 0 Å². The Bertz CT molecular complexity index is 1180. The molecular formula is C18H9Cl3I2N2O. The zero-order valence-corrected chi connectivity index (χ0v) is 19.4. The highest BCUT2D eigenvalue weighted by Crippen LogP contribution is 2.28. The molecule has 0 atom stereocenters. The van der Waals surface area contributed by atoms with Gasteiger partial charge in [-0.15, -0.1) is 0 Å². The second kappa shape index (κ2) is 8.60. The third-order valence-corrected chi connectivity index (χ3v) is 6.91. The number of aromatic nitrogens is 2. The van der Waals surface area contributed by atoms with E-state index in [1.54, 1.807) is 30.6 Å². The molecule has 2 aromatic carbocycles. The van der Waals surface area contributed by atoms with Gasteiger partial charge in [-0.05, 0) is 75.5 Å². The fraction of sp³-hybridized carbons (Fsp3) is 0. The molecule has 4 rings (SSSR count). The summed E-state index contributed by atoms with van der Waals surface area (Å²) in [5, 5.41) is 3.70. The van der Waals surface area contributed by atoms with Crippen LogP contribution in [0.3, 0.4) is 0 Å². The third-order valence-electron chi connectivity index (χ3n) is 3.53. The van der Waals surface area contributed by atoms with E-state index in [9.17, 15) is 4.79 Å². The van der Waals surface area contributed by atoms with Crippen molar-refractivity contribution in [1.82, 2.24) is 9.97 Å². The molecule has 0 spiro atoms. The molecule has 4 aromatic rings. The van der Waals surface area contributed by atoms with Gasteiger partial charge in [0, 0.05) is 36.4 Å². The molecule has 2 aromatic heterocycles. The largest absolute Gasteiger partial charge is 0.361 e. The van der Waals surface area contributed by atoms with Crippen molar-refractivity contribution in [3.8, 4) is 0 Å². The Morgan fingerprint density at radius 3 is 2.23 bits per heavy atom. The van der Waals surface area contributed by atoms with Gasteiger partial charge in [0.2, 0.25) is 0 Å². The van der Waals surface area contributed by atoms with Gasteiger partial charge in [-0.2, -0.15) is 0 Å². The Hall–Kier alpha value is -0.610. The maximum Gasteiger partial charge on any atom is 0.189 e. The predicted molar refractivity (Wildman–Crippen MR) is 127 cm³/mol. The molecule has 0 aliphatic carbocycles. The maximum absolute atomic E-state index is 11.4. The number of hydrogen-bond donors (Lipinski definition) is 1. The standard InChI is InChI=1S/C9H4Cl2IN.C9H5ClINO/c10-6-1-2-13-9-4-7(11)8(12)3-5(6)9;10-6-4-8-5(3-7(6)11)9(13)1-2-12-8/h1-4H;1-4H,(H,12,13). The molecule has 132 valence electrons. The Labute approximate surface area is 191 Å². The van der Waals surface area contributed by atoms with Gasteiger partial charge in [-0.3, -0.25) is 9.78 Å². The summed E-state index contributed by atoms with van der Waals surface area (Å²) in [5.41, 5.74) is 1.62. The lowest BCUT2D eigenvalue weighted by Crippen LogP contribution is -2.00. The zero-order valence-electron chi connectivity index (χ0n) is 12.9. The zero-order chi connectivity index (χ0) is 18.8. The molecule has 3 nitrogen and oxygen atoms in total. The van der Waals surface area contributed by atoms with Crippen LogP contribution < -0.4 is 5.43 Å². The van der Waals surface area contributed by atoms with Crippen LogP contribution in [0.15, 0.2) is 53.6 Å². The molecule has 0 aliphatic rings. The maximum atomic E-state index is 11.4. The van der Waals surface area contributed by atoms with Crippen molar-refractivity contribution in [3.63, 3.8) is 0 Å². The van der Waals surface area contributed by atoms with Crippen LogP contribution >= 0.6 is 80.0 Å². The van der Waals surface area contributed by atoms with Gasteiger partial charge in [0.25, 0.3) is 0 Å². The van der Waals surface area contributed by atoms with Gasteiger partial charge in [0.15, 0.2) is 5.43 Å². The second-order valence-electron chi connectivity index (χ2n) is 5.23. The summed E-state index contributed by atoms with van der Waals surface area (Å²) < 4.78 is 1.88. The van der Waals surface area contributed by atoms with Gasteiger partial charge >= 0.3 is 0 Å². The highest BCUT2D eigenvalue weighted by molar-refractivity contribution is 14.1. The topological polar surface area (TPSA) is 45.8 Å². The van der Waals surface area contributed by atoms with E-state index in [-0.39, 0.29) is 5.43 Å². The molecule has 0 bridgehead atoms. The average molecular weight is 629 g/mol. The predicted octanol–water partition coefficient (Wildman–Crippen LogP) is 6.93. The van der Waals surface area contributed by atoms with Crippen LogP contribution in [0.25, 0.3) is 21.8 Å². The summed E-state index contributed by atoms with van der Waals surface area (Å²) in [6.45, 7) is 0. The van der Waals surface area contributed by atoms with Crippen molar-refractivity contribution < 1.29 is 0 Å². The summed E-state index contributed by atoms with van der Waals surface area (Å²) >= 11 is 22.1. The molecular weight excluding hydrogens is 620 g/mol. The summed E-state index contributed by atoms with van der Waals surface area (Å²) in [4.78, 5) is 18.5. The Morgan fingerprint density at radius 2 is 1.50 bits per heavy atom. The number of halogens is 5. The number of benzene rings is 2. The Morgan fingerprint density at radius 1 is 0.846 bits per heavy atom. The van der Waals surface area contributed by atoms with Crippen LogP contribution in [0.1, 0.15) is 0 Å². The normalized spacial score (nSPS) is 10.7. The first-order chi connectivity index (χ1) is 12.4. The van der Waals surface area contributed by atoms with Gasteiger partial charge < -0.3 is 4.98 Å². The number of aromatic amines is 1. The van der Waals surface area contributed by atoms with E-state index in [0.717, 1.165) is 23.6 Å². The van der Waals surface area contributed by atoms with E-state index in [0.29, 0.717) is 20.5 Å². The number of nitrogens with zero attached hydrogens (tertiary/aromatic N) is 1. The molecule has 0 amide bonds. The molecule has 8 heteroatoms. The minimum Gasteiger partial charge on any atom is -0.361 e. The first-order valence-electron chi connectivity index (χ1n) is 7.22. The quantitative estimate of drug-likeness (QED) is 0.215. The number of pyridine rings is 2. The summed E-state index contributed by atoms with van der Waals surface area (Å²) in [6.07, 6.45) is 3.29. The van der Waals surface area contributed by atoms with Crippen LogP contribution in [-0.4, -0.2) is 9.97 Å². The highest BCUT2D eigenvalue weighted by atomic mass is 127. The molecule has 26 heavy (non-hydrogen) atoms. The van der Waals surface area contributed by atoms with E-state index in [1.165, 1.54) is 6.07 Å². The first kappa shape index (κ1) is 20.1. The van der Waals surface area contributed by atoms with E-state index in [2.05, 4.69) is 55.1 Å². The number of fused-ring (bicyclic) bond motifs is 2. The van der Waals surface area contributed by atoms with Crippen LogP contribution in [0.4, 0.5) is 0 Å². The average Bonchev–Trinajstić information content (AvgIpc) is 2.60. The van der Waals surface area contributed by atoms with Crippen molar-refractivity contribution in [2.45, 2.75) is 0 Å². The fourth-order valence-electron chi connectivity index (χ4n) is 2.27. The van der Waals surface area contributed by atoms with Gasteiger partial charge in [0.05, 0.1) is 26.1 Å². The molecule has 0 radical (unpaired) electrons. The van der Waals surface area contributed by atoms with Crippen molar-refractivity contribution >= 4 is 102 Å². The Balaban J connectivity index is 0.000000151. The van der Waals surface area contributed by atoms with Crippen molar-refractivity contribution in [3.05, 3.63) is 81.2 Å². The summed E-state index contributed by atoms with van der Waals surface area (Å²) in [6, 6.07) is 10.6. The number of hydrogen-bond acceptors (Lipinski definition) is 2. The smallest absolute Gasteiger partial charge is 0.189 e. The van der Waals surface area contributed by atoms with Crippen molar-refractivity contribution in [1.29, 1.82) is 0 Å². The number of rotatable bonds is 0. The van der Waals surface area contributed by atoms with E-state index < -0.39 is 0 Å². The molecule has 0 aliphatic heterocycles.